The standard InChI is InChI=1S/C68H105N11O15/c1-14-44(8)59(52(92-12)39-55(82)79-37-22-27-51(79)60(93-13)45(9)61(83)73-50(66(88)89)38-46-24-17-15-18-25-46)76(10)65(87)57(42(4)5)75-64(86)58(43(6)7)77(11)68(91)94-40-47-30-32-48(33-31-47)71-62(84)49(26-21-34-70-67(69)90)72-63(85)56(41(2)3)74-53(80)28-19-16-20-35-78-36-23-29-54(78)81/h15,17-18,23-25,29-33,41-45,49-52,56-60H,14,16,19-22,26-28,34-40H2,1-13H3,(H,71,84)(H,72,85)(H,73,83)(H,74,80)(H,75,86)(H,88,89)(H3,69,70,90). The molecule has 94 heavy (non-hydrogen) atoms. The predicted molar refractivity (Wildman–Crippen MR) is 354 cm³/mol. The van der Waals surface area contributed by atoms with Gasteiger partial charge >= 0.3 is 18.1 Å². The summed E-state index contributed by atoms with van der Waals surface area (Å²) in [4.78, 5) is 153. The summed E-state index contributed by atoms with van der Waals surface area (Å²) in [5.41, 5.74) is 6.87. The number of nitrogens with two attached hydrogens (primary N) is 1. The summed E-state index contributed by atoms with van der Waals surface area (Å²) in [6, 6.07) is 8.06. The average molecular weight is 1320 g/mol. The number of ether oxygens (including phenoxy) is 3. The normalized spacial score (nSPS) is 17.0. The van der Waals surface area contributed by atoms with Gasteiger partial charge < -0.3 is 71.7 Å². The molecule has 1 saturated heterocycles. The van der Waals surface area contributed by atoms with E-state index in [0.717, 1.165) is 12.0 Å². The van der Waals surface area contributed by atoms with Crippen molar-refractivity contribution in [1.82, 2.24) is 46.2 Å². The number of carboxylic acid groups (broad SMARTS) is 1. The number of nitrogens with one attached hydrogen (secondary N) is 6. The fourth-order valence-corrected chi connectivity index (χ4v) is 12.1. The maximum Gasteiger partial charge on any atom is 0.410 e. The number of unbranched alkanes of at least 4 members (excludes halogenated alkanes) is 2. The Bertz CT molecular complexity index is 2880. The molecule has 26 heteroatoms. The van der Waals surface area contributed by atoms with Gasteiger partial charge in [0.05, 0.1) is 36.6 Å². The molecule has 26 nitrogen and oxygen atoms in total. The number of anilines is 1. The quantitative estimate of drug-likeness (QED) is 0.0403. The number of rotatable bonds is 39. The predicted octanol–water partition coefficient (Wildman–Crippen LogP) is 5.12. The first-order valence-electron chi connectivity index (χ1n) is 32.9. The number of carboxylic acids is 1. The Balaban J connectivity index is 1.38. The van der Waals surface area contributed by atoms with Crippen LogP contribution in [0.1, 0.15) is 138 Å². The van der Waals surface area contributed by atoms with Crippen LogP contribution < -0.4 is 37.6 Å². The summed E-state index contributed by atoms with van der Waals surface area (Å²) in [6.07, 6.45) is 5.19. The smallest absolute Gasteiger partial charge is 0.410 e. The van der Waals surface area contributed by atoms with Gasteiger partial charge in [-0.2, -0.15) is 0 Å². The first kappa shape index (κ1) is 78.3. The van der Waals surface area contributed by atoms with E-state index >= 15 is 0 Å². The van der Waals surface area contributed by atoms with E-state index in [-0.39, 0.29) is 74.8 Å². The third kappa shape index (κ3) is 23.7. The number of hydrogen-bond donors (Lipinski definition) is 8. The fraction of sp³-hybridized carbons (Fsp3) is 0.632. The fourth-order valence-electron chi connectivity index (χ4n) is 12.1. The van der Waals surface area contributed by atoms with Crippen LogP contribution in [0, 0.1) is 29.6 Å². The van der Waals surface area contributed by atoms with Crippen LogP contribution in [0.2, 0.25) is 0 Å². The van der Waals surface area contributed by atoms with Gasteiger partial charge in [-0.15, -0.1) is 0 Å². The van der Waals surface area contributed by atoms with Gasteiger partial charge in [0.2, 0.25) is 47.3 Å². The molecule has 1 fully saturated rings. The van der Waals surface area contributed by atoms with E-state index in [4.69, 9.17) is 19.9 Å². The molecule has 0 aliphatic carbocycles. The molecule has 522 valence electrons. The Hall–Kier alpha value is -8.13. The molecule has 4 rings (SSSR count). The summed E-state index contributed by atoms with van der Waals surface area (Å²) in [7, 11) is 5.98. The number of benzene rings is 2. The molecule has 9 N–H and O–H groups in total. The molecule has 2 aromatic rings. The zero-order valence-corrected chi connectivity index (χ0v) is 57.3. The lowest BCUT2D eigenvalue weighted by Crippen LogP contribution is -2.60. The van der Waals surface area contributed by atoms with Gasteiger partial charge in [-0.1, -0.05) is 124 Å². The average Bonchev–Trinajstić information content (AvgIpc) is 1.38. The van der Waals surface area contributed by atoms with Crippen molar-refractivity contribution in [2.24, 2.45) is 35.3 Å². The zero-order valence-electron chi connectivity index (χ0n) is 57.3. The van der Waals surface area contributed by atoms with Gasteiger partial charge in [0, 0.05) is 79.1 Å². The van der Waals surface area contributed by atoms with Crippen LogP contribution in [0.4, 0.5) is 15.3 Å². The van der Waals surface area contributed by atoms with Gasteiger partial charge in [-0.05, 0) is 85.5 Å². The Labute approximate surface area is 554 Å². The van der Waals surface area contributed by atoms with Crippen molar-refractivity contribution in [3.05, 3.63) is 77.9 Å². The van der Waals surface area contributed by atoms with Gasteiger partial charge in [0.25, 0.3) is 0 Å². The minimum atomic E-state index is -1.19. The molecule has 2 aromatic carbocycles. The third-order valence-electron chi connectivity index (χ3n) is 17.7. The van der Waals surface area contributed by atoms with Crippen LogP contribution in [0.15, 0.2) is 66.7 Å². The highest BCUT2D eigenvalue weighted by atomic mass is 16.6. The Morgan fingerprint density at radius 1 is 0.723 bits per heavy atom. The highest BCUT2D eigenvalue weighted by Gasteiger charge is 2.44. The van der Waals surface area contributed by atoms with Crippen molar-refractivity contribution in [2.75, 3.05) is 59.8 Å². The van der Waals surface area contributed by atoms with Gasteiger partial charge in [-0.25, -0.2) is 14.4 Å². The van der Waals surface area contributed by atoms with Crippen LogP contribution in [0.3, 0.4) is 0 Å². The second-order valence-corrected chi connectivity index (χ2v) is 25.7. The zero-order chi connectivity index (χ0) is 69.9. The lowest BCUT2D eigenvalue weighted by Gasteiger charge is -2.41. The van der Waals surface area contributed by atoms with Crippen LogP contribution >= 0.6 is 0 Å². The van der Waals surface area contributed by atoms with E-state index in [1.807, 2.05) is 26.0 Å². The first-order valence-corrected chi connectivity index (χ1v) is 32.9. The summed E-state index contributed by atoms with van der Waals surface area (Å²) in [5, 5.41) is 26.5. The Morgan fingerprint density at radius 2 is 1.38 bits per heavy atom. The number of urea groups is 1. The highest BCUT2D eigenvalue weighted by Crippen LogP contribution is 2.30. The summed E-state index contributed by atoms with van der Waals surface area (Å²) < 4.78 is 17.7. The van der Waals surface area contributed by atoms with E-state index < -0.39 is 120 Å². The van der Waals surface area contributed by atoms with Gasteiger partial charge in [0.15, 0.2) is 0 Å². The maximum atomic E-state index is 14.8. The number of primary amides is 1. The molecule has 11 amide bonds. The van der Waals surface area contributed by atoms with Crippen molar-refractivity contribution in [2.45, 2.75) is 194 Å². The SMILES string of the molecule is CCC(C)C(C(CC(=O)N1CCCC1C(OC)C(C)C(=O)NC(Cc1ccccc1)C(=O)O)OC)N(C)C(=O)C(NC(=O)C(C(C)C)N(C)C(=O)OCc1ccc(NC(=O)C(CCCNC(N)=O)NC(=O)C(NC(=O)CCCCCN2CC=CC2=O)C(C)C)cc1)C(C)C. The molecule has 0 bridgehead atoms. The minimum Gasteiger partial charge on any atom is -0.480 e. The van der Waals surface area contributed by atoms with Crippen molar-refractivity contribution >= 4 is 71.0 Å². The van der Waals surface area contributed by atoms with Gasteiger partial charge in [0.1, 0.15) is 36.8 Å². The van der Waals surface area contributed by atoms with E-state index in [0.29, 0.717) is 63.0 Å². The van der Waals surface area contributed by atoms with Gasteiger partial charge in [-0.3, -0.25) is 43.3 Å². The number of amides is 11. The van der Waals surface area contributed by atoms with Crippen molar-refractivity contribution in [3.8, 4) is 0 Å². The third-order valence-corrected chi connectivity index (χ3v) is 17.7. The topological polar surface area (TPSA) is 347 Å². The Morgan fingerprint density at radius 3 is 1.96 bits per heavy atom. The van der Waals surface area contributed by atoms with Crippen LogP contribution in [0.5, 0.6) is 0 Å². The molecule has 0 saturated carbocycles. The largest absolute Gasteiger partial charge is 0.480 e. The maximum absolute atomic E-state index is 14.8. The van der Waals surface area contributed by atoms with E-state index in [2.05, 4.69) is 31.9 Å². The molecule has 2 heterocycles. The molecular weight excluding hydrogens is 1210 g/mol. The molecule has 11 unspecified atom stereocenters. The Kier molecular flexibility index (Phi) is 32.4. The number of nitrogens with zero attached hydrogens (tertiary/aromatic N) is 4. The van der Waals surface area contributed by atoms with E-state index in [9.17, 15) is 57.8 Å². The number of aliphatic carboxylic acids is 1. The second kappa shape index (κ2) is 38.9. The summed E-state index contributed by atoms with van der Waals surface area (Å²) in [6.45, 7) is 17.7. The van der Waals surface area contributed by atoms with Crippen molar-refractivity contribution in [3.63, 3.8) is 0 Å². The number of likely N-dealkylation sites (tertiary alicyclic amines) is 1. The lowest BCUT2D eigenvalue weighted by molar-refractivity contribution is -0.148. The molecule has 2 aliphatic heterocycles. The van der Waals surface area contributed by atoms with Crippen LogP contribution in [0.25, 0.3) is 0 Å². The second-order valence-electron chi connectivity index (χ2n) is 25.7. The molecule has 11 atom stereocenters. The monoisotopic (exact) mass is 1320 g/mol. The molecular formula is C68H105N11O15. The number of hydrogen-bond acceptors (Lipinski definition) is 14. The number of carbonyl (C=O) groups excluding carboxylic acids is 10. The summed E-state index contributed by atoms with van der Waals surface area (Å²) in [5.74, 6) is -6.78. The van der Waals surface area contributed by atoms with Crippen molar-refractivity contribution < 1.29 is 72.1 Å². The minimum absolute atomic E-state index is 0.0254. The lowest BCUT2D eigenvalue weighted by atomic mass is 9.89. The van der Waals surface area contributed by atoms with E-state index in [1.54, 1.807) is 120 Å². The number of methoxy groups -OCH3 is 2. The number of carbonyl (C=O) groups is 11. The van der Waals surface area contributed by atoms with Crippen LogP contribution in [-0.4, -0.2) is 199 Å². The molecule has 0 radical (unpaired) electrons. The molecule has 2 aliphatic rings. The van der Waals surface area contributed by atoms with Crippen LogP contribution in [-0.2, 0) is 70.4 Å². The number of likely N-dealkylation sites (N-methyl/N-ethyl adjacent to an activating group) is 2. The molecule has 0 aromatic heterocycles. The van der Waals surface area contributed by atoms with E-state index in [1.165, 1.54) is 31.1 Å². The highest BCUT2D eigenvalue weighted by molar-refractivity contribution is 5.98. The molecule has 0 spiro atoms. The van der Waals surface area contributed by atoms with Crippen molar-refractivity contribution in [1.29, 1.82) is 0 Å². The summed E-state index contributed by atoms with van der Waals surface area (Å²) >= 11 is 0. The first-order chi connectivity index (χ1) is 44.5.